The van der Waals surface area contributed by atoms with Crippen molar-refractivity contribution in [1.82, 2.24) is 4.98 Å². The van der Waals surface area contributed by atoms with Gasteiger partial charge in [0.1, 0.15) is 5.69 Å². The second kappa shape index (κ2) is 3.25. The van der Waals surface area contributed by atoms with Crippen molar-refractivity contribution in [3.05, 3.63) is 29.1 Å². The lowest BCUT2D eigenvalue weighted by Crippen LogP contribution is -2.16. The Labute approximate surface area is 94.9 Å². The van der Waals surface area contributed by atoms with Crippen LogP contribution < -0.4 is 0 Å². The van der Waals surface area contributed by atoms with E-state index in [-0.39, 0.29) is 23.4 Å². The van der Waals surface area contributed by atoms with E-state index in [1.165, 1.54) is 6.20 Å². The molecule has 1 aliphatic carbocycles. The topological polar surface area (TPSA) is 12.9 Å². The van der Waals surface area contributed by atoms with Gasteiger partial charge < -0.3 is 0 Å². The van der Waals surface area contributed by atoms with Gasteiger partial charge in [0.25, 0.3) is 5.92 Å². The van der Waals surface area contributed by atoms with Crippen LogP contribution in [0.2, 0.25) is 0 Å². The normalized spacial score (nSPS) is 23.2. The Kier molecular flexibility index (Phi) is 2.34. The number of alkyl halides is 2. The molecule has 0 spiro atoms. The molecule has 0 aromatic carbocycles. The summed E-state index contributed by atoms with van der Waals surface area (Å²) in [5, 5.41) is 0. The van der Waals surface area contributed by atoms with E-state index in [4.69, 9.17) is 0 Å². The smallest absolute Gasteiger partial charge is 0.255 e. The summed E-state index contributed by atoms with van der Waals surface area (Å²) in [5.74, 6) is -2.86. The first-order valence-electron chi connectivity index (χ1n) is 5.61. The molecule has 1 aromatic rings. The molecule has 0 aliphatic heterocycles. The molecule has 1 aliphatic rings. The fraction of sp³-hybridized carbons (Fsp3) is 0.615. The highest BCUT2D eigenvalue weighted by atomic mass is 19.3. The van der Waals surface area contributed by atoms with E-state index >= 15 is 0 Å². The fourth-order valence-corrected chi connectivity index (χ4v) is 2.50. The third-order valence-electron chi connectivity index (χ3n) is 3.20. The van der Waals surface area contributed by atoms with Gasteiger partial charge in [0.15, 0.2) is 0 Å². The zero-order chi connectivity index (χ0) is 12.1. The molecule has 2 rings (SSSR count). The molecule has 0 saturated carbocycles. The molecule has 88 valence electrons. The summed E-state index contributed by atoms with van der Waals surface area (Å²) in [4.78, 5) is 3.89. The van der Waals surface area contributed by atoms with E-state index in [9.17, 15) is 8.78 Å². The molecule has 0 unspecified atom stereocenters. The minimum atomic E-state index is -2.75. The lowest BCUT2D eigenvalue weighted by molar-refractivity contribution is -0.00971. The fourth-order valence-electron chi connectivity index (χ4n) is 2.50. The molecule has 0 radical (unpaired) electrons. The van der Waals surface area contributed by atoms with Gasteiger partial charge in [0, 0.05) is 12.6 Å². The van der Waals surface area contributed by atoms with Crippen LogP contribution in [0.5, 0.6) is 0 Å². The summed E-state index contributed by atoms with van der Waals surface area (Å²) < 4.78 is 27.4. The maximum Gasteiger partial charge on any atom is 0.290 e. The summed E-state index contributed by atoms with van der Waals surface area (Å²) in [6.45, 7) is 8.00. The Morgan fingerprint density at radius 2 is 2.00 bits per heavy atom. The molecular weight excluding hydrogens is 208 g/mol. The minimum Gasteiger partial charge on any atom is -0.255 e. The van der Waals surface area contributed by atoms with Crippen LogP contribution in [0.25, 0.3) is 0 Å². The molecule has 0 saturated heterocycles. The van der Waals surface area contributed by atoms with Crippen molar-refractivity contribution < 1.29 is 8.78 Å². The van der Waals surface area contributed by atoms with Crippen LogP contribution in [-0.4, -0.2) is 4.98 Å². The lowest BCUT2D eigenvalue weighted by atomic mass is 9.82. The van der Waals surface area contributed by atoms with Crippen molar-refractivity contribution in [2.24, 2.45) is 0 Å². The molecule has 1 heterocycles. The van der Waals surface area contributed by atoms with E-state index in [1.54, 1.807) is 0 Å². The number of pyridine rings is 1. The zero-order valence-corrected chi connectivity index (χ0v) is 10.1. The average molecular weight is 225 g/mol. The predicted octanol–water partition coefficient (Wildman–Crippen LogP) is 3.98. The SMILES string of the molecule is C[C@@H]1CC(F)(F)c2nccc(C(C)(C)C)c21. The second-order valence-electron chi connectivity index (χ2n) is 5.68. The Bertz CT molecular complexity index is 418. The van der Waals surface area contributed by atoms with Gasteiger partial charge in [0.2, 0.25) is 0 Å². The number of aromatic nitrogens is 1. The molecule has 0 N–H and O–H groups in total. The average Bonchev–Trinajstić information content (AvgIpc) is 2.36. The van der Waals surface area contributed by atoms with Gasteiger partial charge in [-0.25, -0.2) is 0 Å². The number of hydrogen-bond donors (Lipinski definition) is 0. The van der Waals surface area contributed by atoms with Gasteiger partial charge >= 0.3 is 0 Å². The first-order valence-corrected chi connectivity index (χ1v) is 5.61. The van der Waals surface area contributed by atoms with E-state index in [1.807, 2.05) is 33.8 Å². The van der Waals surface area contributed by atoms with Crippen molar-refractivity contribution in [2.45, 2.75) is 51.4 Å². The van der Waals surface area contributed by atoms with Crippen LogP contribution in [-0.2, 0) is 11.3 Å². The van der Waals surface area contributed by atoms with E-state index in [2.05, 4.69) is 4.98 Å². The molecule has 0 fully saturated rings. The number of fused-ring (bicyclic) bond motifs is 1. The maximum absolute atomic E-state index is 13.7. The Morgan fingerprint density at radius 1 is 1.38 bits per heavy atom. The number of hydrogen-bond acceptors (Lipinski definition) is 1. The molecule has 16 heavy (non-hydrogen) atoms. The quantitative estimate of drug-likeness (QED) is 0.650. The van der Waals surface area contributed by atoms with Gasteiger partial charge in [-0.2, -0.15) is 8.78 Å². The molecule has 3 heteroatoms. The number of halogens is 2. The van der Waals surface area contributed by atoms with Gasteiger partial charge in [-0.1, -0.05) is 27.7 Å². The highest BCUT2D eigenvalue weighted by molar-refractivity contribution is 5.43. The van der Waals surface area contributed by atoms with Crippen molar-refractivity contribution >= 4 is 0 Å². The summed E-state index contributed by atoms with van der Waals surface area (Å²) >= 11 is 0. The first kappa shape index (κ1) is 11.5. The minimum absolute atomic E-state index is 0.00701. The van der Waals surface area contributed by atoms with Gasteiger partial charge in [-0.3, -0.25) is 4.98 Å². The molecule has 1 atom stereocenters. The Morgan fingerprint density at radius 3 is 2.56 bits per heavy atom. The van der Waals surface area contributed by atoms with Crippen LogP contribution in [0.1, 0.15) is 56.9 Å². The summed E-state index contributed by atoms with van der Waals surface area (Å²) in [6, 6.07) is 1.87. The van der Waals surface area contributed by atoms with Crippen molar-refractivity contribution in [3.63, 3.8) is 0 Å². The maximum atomic E-state index is 13.7. The molecule has 0 bridgehead atoms. The zero-order valence-electron chi connectivity index (χ0n) is 10.1. The predicted molar refractivity (Wildman–Crippen MR) is 59.9 cm³/mol. The van der Waals surface area contributed by atoms with Crippen LogP contribution >= 0.6 is 0 Å². The van der Waals surface area contributed by atoms with Gasteiger partial charge in [-0.15, -0.1) is 0 Å². The standard InChI is InChI=1S/C13H17F2N/c1-8-7-13(14,15)11-10(8)9(5-6-16-11)12(2,3)4/h5-6,8H,7H2,1-4H3/t8-/m1/s1. The van der Waals surface area contributed by atoms with Crippen LogP contribution in [0.4, 0.5) is 8.78 Å². The highest BCUT2D eigenvalue weighted by Crippen LogP contribution is 2.49. The van der Waals surface area contributed by atoms with E-state index in [0.717, 1.165) is 11.1 Å². The second-order valence-corrected chi connectivity index (χ2v) is 5.68. The third-order valence-corrected chi connectivity index (χ3v) is 3.20. The van der Waals surface area contributed by atoms with Crippen LogP contribution in [0, 0.1) is 0 Å². The molecular formula is C13H17F2N. The molecule has 1 aromatic heterocycles. The Hall–Kier alpha value is -0.990. The first-order chi connectivity index (χ1) is 7.23. The van der Waals surface area contributed by atoms with Crippen LogP contribution in [0.3, 0.4) is 0 Å². The Balaban J connectivity index is 2.66. The largest absolute Gasteiger partial charge is 0.290 e. The molecule has 1 nitrogen and oxygen atoms in total. The highest BCUT2D eigenvalue weighted by Gasteiger charge is 2.46. The van der Waals surface area contributed by atoms with Crippen molar-refractivity contribution in [3.8, 4) is 0 Å². The van der Waals surface area contributed by atoms with Gasteiger partial charge in [-0.05, 0) is 28.5 Å². The van der Waals surface area contributed by atoms with E-state index < -0.39 is 5.92 Å². The van der Waals surface area contributed by atoms with Gasteiger partial charge in [0.05, 0.1) is 0 Å². The van der Waals surface area contributed by atoms with Crippen molar-refractivity contribution in [2.75, 3.05) is 0 Å². The van der Waals surface area contributed by atoms with Crippen molar-refractivity contribution in [1.29, 1.82) is 0 Å². The lowest BCUT2D eigenvalue weighted by Gasteiger charge is -2.23. The number of rotatable bonds is 0. The third kappa shape index (κ3) is 1.62. The summed E-state index contributed by atoms with van der Waals surface area (Å²) in [7, 11) is 0. The molecule has 0 amide bonds. The summed E-state index contributed by atoms with van der Waals surface area (Å²) in [6.07, 6.45) is 1.40. The summed E-state index contributed by atoms with van der Waals surface area (Å²) in [5.41, 5.74) is 1.65. The monoisotopic (exact) mass is 225 g/mol. The van der Waals surface area contributed by atoms with E-state index in [0.29, 0.717) is 0 Å². The number of nitrogens with zero attached hydrogens (tertiary/aromatic N) is 1. The van der Waals surface area contributed by atoms with Crippen LogP contribution in [0.15, 0.2) is 12.3 Å².